The van der Waals surface area contributed by atoms with E-state index in [-0.39, 0.29) is 0 Å². The fraction of sp³-hybridized carbons (Fsp3) is 0.750. The van der Waals surface area contributed by atoms with Crippen molar-refractivity contribution < 1.29 is 0 Å². The van der Waals surface area contributed by atoms with E-state index in [4.69, 9.17) is 0 Å². The minimum absolute atomic E-state index is 1.04. The molecule has 0 saturated carbocycles. The third kappa shape index (κ3) is 3.06. The Bertz CT molecular complexity index is 300. The van der Waals surface area contributed by atoms with Crippen LogP contribution in [0.2, 0.25) is 0 Å². The Morgan fingerprint density at radius 1 is 1.38 bits per heavy atom. The maximum Gasteiger partial charge on any atom is 0.0524 e. The molecular formula is C12H22N4. The average Bonchev–Trinajstić information content (AvgIpc) is 2.56. The van der Waals surface area contributed by atoms with Gasteiger partial charge >= 0.3 is 0 Å². The summed E-state index contributed by atoms with van der Waals surface area (Å²) in [4.78, 5) is 2.52. The van der Waals surface area contributed by atoms with Gasteiger partial charge in [0.1, 0.15) is 0 Å². The number of aromatic nitrogens is 2. The van der Waals surface area contributed by atoms with Crippen LogP contribution in [0.15, 0.2) is 12.3 Å². The van der Waals surface area contributed by atoms with Gasteiger partial charge in [-0.05, 0) is 32.0 Å². The van der Waals surface area contributed by atoms with Gasteiger partial charge in [0.15, 0.2) is 0 Å². The summed E-state index contributed by atoms with van der Waals surface area (Å²) in [6.07, 6.45) is 4.32. The molecule has 0 atom stereocenters. The molecule has 1 aliphatic rings. The fourth-order valence-corrected chi connectivity index (χ4v) is 2.20. The minimum atomic E-state index is 1.04. The van der Waals surface area contributed by atoms with E-state index >= 15 is 0 Å². The summed E-state index contributed by atoms with van der Waals surface area (Å²) in [5.41, 5.74) is 1.35. The van der Waals surface area contributed by atoms with E-state index in [1.165, 1.54) is 18.7 Å². The monoisotopic (exact) mass is 222 g/mol. The Labute approximate surface area is 97.6 Å². The lowest BCUT2D eigenvalue weighted by molar-refractivity contribution is 0.274. The number of nitrogens with one attached hydrogen (secondary N) is 1. The summed E-state index contributed by atoms with van der Waals surface area (Å²) in [7, 11) is 0. The fourth-order valence-electron chi connectivity index (χ4n) is 2.20. The summed E-state index contributed by atoms with van der Waals surface area (Å²) in [6, 6.07) is 2.15. The highest BCUT2D eigenvalue weighted by molar-refractivity contribution is 5.00. The van der Waals surface area contributed by atoms with Crippen LogP contribution in [0, 0.1) is 0 Å². The van der Waals surface area contributed by atoms with Gasteiger partial charge in [-0.15, -0.1) is 0 Å². The van der Waals surface area contributed by atoms with Gasteiger partial charge in [0.2, 0.25) is 0 Å². The molecule has 0 aromatic carbocycles. The van der Waals surface area contributed by atoms with Crippen molar-refractivity contribution in [3.63, 3.8) is 0 Å². The highest BCUT2D eigenvalue weighted by atomic mass is 15.3. The first-order valence-corrected chi connectivity index (χ1v) is 6.34. The maximum atomic E-state index is 4.37. The van der Waals surface area contributed by atoms with Gasteiger partial charge in [-0.1, -0.05) is 6.92 Å². The average molecular weight is 222 g/mol. The zero-order valence-electron chi connectivity index (χ0n) is 10.2. The minimum Gasteiger partial charge on any atom is -0.315 e. The zero-order chi connectivity index (χ0) is 11.2. The van der Waals surface area contributed by atoms with Crippen molar-refractivity contribution in [3.8, 4) is 0 Å². The van der Waals surface area contributed by atoms with Gasteiger partial charge in [0, 0.05) is 32.4 Å². The van der Waals surface area contributed by atoms with E-state index < -0.39 is 0 Å². The predicted molar refractivity (Wildman–Crippen MR) is 65.3 cm³/mol. The van der Waals surface area contributed by atoms with Crippen LogP contribution in [0.4, 0.5) is 0 Å². The van der Waals surface area contributed by atoms with Gasteiger partial charge in [0.05, 0.1) is 5.69 Å². The van der Waals surface area contributed by atoms with Gasteiger partial charge in [-0.2, -0.15) is 5.10 Å². The van der Waals surface area contributed by atoms with Crippen molar-refractivity contribution in [2.24, 2.45) is 0 Å². The molecule has 1 aromatic rings. The number of rotatable bonds is 4. The Morgan fingerprint density at radius 3 is 3.19 bits per heavy atom. The molecule has 0 bridgehead atoms. The van der Waals surface area contributed by atoms with Crippen molar-refractivity contribution in [1.82, 2.24) is 20.0 Å². The van der Waals surface area contributed by atoms with Crippen molar-refractivity contribution in [2.75, 3.05) is 26.2 Å². The molecule has 1 N–H and O–H groups in total. The van der Waals surface area contributed by atoms with Crippen LogP contribution >= 0.6 is 0 Å². The van der Waals surface area contributed by atoms with Crippen LogP contribution in [0.5, 0.6) is 0 Å². The molecule has 2 rings (SSSR count). The van der Waals surface area contributed by atoms with Crippen molar-refractivity contribution >= 4 is 0 Å². The summed E-state index contributed by atoms with van der Waals surface area (Å²) in [6.45, 7) is 8.89. The standard InChI is InChI=1S/C12H22N4/c1-2-8-16-12(4-6-14-16)11-15-9-3-5-13-7-10-15/h4,6,13H,2-3,5,7-11H2,1H3. The quantitative estimate of drug-likeness (QED) is 0.828. The molecule has 0 aliphatic carbocycles. The van der Waals surface area contributed by atoms with Crippen LogP contribution in [0.1, 0.15) is 25.5 Å². The maximum absolute atomic E-state index is 4.37. The molecule has 1 aromatic heterocycles. The second kappa shape index (κ2) is 6.01. The highest BCUT2D eigenvalue weighted by Crippen LogP contribution is 2.06. The third-order valence-corrected chi connectivity index (χ3v) is 3.06. The van der Waals surface area contributed by atoms with Crippen molar-refractivity contribution in [3.05, 3.63) is 18.0 Å². The summed E-state index contributed by atoms with van der Waals surface area (Å²) >= 11 is 0. The van der Waals surface area contributed by atoms with Crippen LogP contribution < -0.4 is 5.32 Å². The molecule has 1 saturated heterocycles. The molecule has 0 spiro atoms. The molecule has 90 valence electrons. The number of hydrogen-bond donors (Lipinski definition) is 1. The summed E-state index contributed by atoms with van der Waals surface area (Å²) in [5, 5.41) is 7.80. The molecule has 16 heavy (non-hydrogen) atoms. The molecule has 0 amide bonds. The van der Waals surface area contributed by atoms with Crippen LogP contribution in [0.3, 0.4) is 0 Å². The van der Waals surface area contributed by atoms with Crippen molar-refractivity contribution in [1.29, 1.82) is 0 Å². The largest absolute Gasteiger partial charge is 0.315 e. The SMILES string of the molecule is CCCn1nccc1CN1CCCNCC1. The van der Waals surface area contributed by atoms with Gasteiger partial charge in [0.25, 0.3) is 0 Å². The lowest BCUT2D eigenvalue weighted by Crippen LogP contribution is -2.28. The highest BCUT2D eigenvalue weighted by Gasteiger charge is 2.11. The van der Waals surface area contributed by atoms with Crippen LogP contribution in [-0.2, 0) is 13.1 Å². The molecule has 1 fully saturated rings. The number of hydrogen-bond acceptors (Lipinski definition) is 3. The Balaban J connectivity index is 1.93. The van der Waals surface area contributed by atoms with E-state index in [0.29, 0.717) is 0 Å². The zero-order valence-corrected chi connectivity index (χ0v) is 10.2. The molecule has 4 nitrogen and oxygen atoms in total. The van der Waals surface area contributed by atoms with Gasteiger partial charge in [-0.25, -0.2) is 0 Å². The first kappa shape index (κ1) is 11.6. The molecule has 1 aliphatic heterocycles. The van der Waals surface area contributed by atoms with Gasteiger partial charge < -0.3 is 5.32 Å². The number of aryl methyl sites for hydroxylation is 1. The second-order valence-corrected chi connectivity index (χ2v) is 4.43. The smallest absolute Gasteiger partial charge is 0.0524 e. The Hall–Kier alpha value is -0.870. The molecule has 0 radical (unpaired) electrons. The Kier molecular flexibility index (Phi) is 4.36. The van der Waals surface area contributed by atoms with Gasteiger partial charge in [-0.3, -0.25) is 9.58 Å². The topological polar surface area (TPSA) is 33.1 Å². The van der Waals surface area contributed by atoms with Crippen molar-refractivity contribution in [2.45, 2.75) is 32.9 Å². The predicted octanol–water partition coefficient (Wildman–Crippen LogP) is 1.09. The Morgan fingerprint density at radius 2 is 2.31 bits per heavy atom. The van der Waals surface area contributed by atoms with Crippen LogP contribution in [0.25, 0.3) is 0 Å². The summed E-state index contributed by atoms with van der Waals surface area (Å²) < 4.78 is 2.14. The number of nitrogens with zero attached hydrogens (tertiary/aromatic N) is 3. The first-order valence-electron chi connectivity index (χ1n) is 6.34. The normalized spacial score (nSPS) is 18.6. The van der Waals surface area contributed by atoms with E-state index in [1.807, 2.05) is 6.20 Å². The lowest BCUT2D eigenvalue weighted by atomic mass is 10.3. The van der Waals surface area contributed by atoms with Crippen LogP contribution in [-0.4, -0.2) is 40.9 Å². The molecule has 4 heteroatoms. The van der Waals surface area contributed by atoms with E-state index in [1.54, 1.807) is 0 Å². The summed E-state index contributed by atoms with van der Waals surface area (Å²) in [5.74, 6) is 0. The molecule has 0 unspecified atom stereocenters. The molecular weight excluding hydrogens is 200 g/mol. The second-order valence-electron chi connectivity index (χ2n) is 4.43. The third-order valence-electron chi connectivity index (χ3n) is 3.06. The molecule has 2 heterocycles. The lowest BCUT2D eigenvalue weighted by Gasteiger charge is -2.19. The van der Waals surface area contributed by atoms with E-state index in [2.05, 4.69) is 33.0 Å². The van der Waals surface area contributed by atoms with E-state index in [9.17, 15) is 0 Å². The first-order chi connectivity index (χ1) is 7.90. The van der Waals surface area contributed by atoms with E-state index in [0.717, 1.165) is 39.1 Å².